The average Bonchev–Trinajstić information content (AvgIpc) is 3.36. The van der Waals surface area contributed by atoms with Gasteiger partial charge in [0.25, 0.3) is 5.91 Å². The lowest BCUT2D eigenvalue weighted by atomic mass is 9.82. The van der Waals surface area contributed by atoms with Gasteiger partial charge < -0.3 is 14.6 Å². The first-order valence-corrected chi connectivity index (χ1v) is 9.61. The monoisotopic (exact) mass is 362 g/mol. The van der Waals surface area contributed by atoms with Crippen LogP contribution in [0.25, 0.3) is 11.0 Å². The second-order valence-corrected chi connectivity index (χ2v) is 7.66. The number of hydrogen-bond acceptors (Lipinski definition) is 3. The normalized spacial score (nSPS) is 17.3. The van der Waals surface area contributed by atoms with Gasteiger partial charge in [0.1, 0.15) is 5.58 Å². The van der Waals surface area contributed by atoms with Gasteiger partial charge in [-0.3, -0.25) is 4.79 Å². The second kappa shape index (κ2) is 7.20. The van der Waals surface area contributed by atoms with Crippen LogP contribution >= 0.6 is 0 Å². The number of amides is 1. The molecule has 1 unspecified atom stereocenters. The largest absolute Gasteiger partial charge is 0.464 e. The van der Waals surface area contributed by atoms with Crippen molar-refractivity contribution in [2.24, 2.45) is 0 Å². The maximum atomic E-state index is 13.3. The molecule has 1 saturated carbocycles. The average molecular weight is 362 g/mol. The summed E-state index contributed by atoms with van der Waals surface area (Å²) in [5, 5.41) is 4.23. The number of rotatable bonds is 5. The maximum Gasteiger partial charge on any atom is 0.252 e. The number of fused-ring (bicyclic) bond motifs is 1. The minimum Gasteiger partial charge on any atom is -0.464 e. The van der Waals surface area contributed by atoms with Crippen molar-refractivity contribution in [3.8, 4) is 0 Å². The zero-order chi connectivity index (χ0) is 18.9. The van der Waals surface area contributed by atoms with Gasteiger partial charge in [0.05, 0.1) is 17.9 Å². The van der Waals surface area contributed by atoms with E-state index >= 15 is 0 Å². The lowest BCUT2D eigenvalue weighted by Gasteiger charge is -2.44. The van der Waals surface area contributed by atoms with Gasteiger partial charge in [-0.15, -0.1) is 0 Å². The number of hydrogen-bond donors (Lipinski definition) is 1. The number of carbonyl (C=O) groups excluding carboxylic acids is 1. The molecule has 0 aliphatic heterocycles. The van der Waals surface area contributed by atoms with Gasteiger partial charge in [-0.1, -0.05) is 49.2 Å². The van der Waals surface area contributed by atoms with Crippen LogP contribution in [0.5, 0.6) is 0 Å². The molecular formula is C23H26N2O2. The lowest BCUT2D eigenvalue weighted by molar-refractivity contribution is 0.0767. The zero-order valence-electron chi connectivity index (χ0n) is 15.9. The molecule has 4 heteroatoms. The van der Waals surface area contributed by atoms with Crippen LogP contribution in [0, 0.1) is 0 Å². The molecule has 2 aromatic carbocycles. The maximum absolute atomic E-state index is 13.3. The molecule has 27 heavy (non-hydrogen) atoms. The highest BCUT2D eigenvalue weighted by Crippen LogP contribution is 2.43. The highest BCUT2D eigenvalue weighted by atomic mass is 16.3. The molecule has 4 rings (SSSR count). The summed E-state index contributed by atoms with van der Waals surface area (Å²) in [6, 6.07) is 17.8. The number of benzene rings is 2. The molecule has 1 aliphatic rings. The molecule has 3 aromatic rings. The number of likely N-dealkylation sites (N-methyl/N-ethyl adjacent to an activating group) is 1. The Morgan fingerprint density at radius 2 is 1.78 bits per heavy atom. The highest BCUT2D eigenvalue weighted by Gasteiger charge is 2.44. The standard InChI is InChI=1S/C23H26N2O2/c1-25(2)23(14-6-7-15-23)21(17-9-4-3-5-10-17)24-22(26)19-11-8-12-20-18(19)13-16-27-20/h3-5,8-13,16,21H,6-7,14-15H2,1-2H3,(H,24,26). The summed E-state index contributed by atoms with van der Waals surface area (Å²) in [5.74, 6) is -0.0519. The van der Waals surface area contributed by atoms with Gasteiger partial charge in [0.15, 0.2) is 0 Å². The molecule has 0 radical (unpaired) electrons. The highest BCUT2D eigenvalue weighted by molar-refractivity contribution is 6.06. The molecule has 1 amide bonds. The van der Waals surface area contributed by atoms with Crippen LogP contribution in [-0.2, 0) is 0 Å². The van der Waals surface area contributed by atoms with E-state index in [0.29, 0.717) is 5.56 Å². The summed E-state index contributed by atoms with van der Waals surface area (Å²) < 4.78 is 5.47. The smallest absolute Gasteiger partial charge is 0.252 e. The van der Waals surface area contributed by atoms with Crippen LogP contribution in [0.4, 0.5) is 0 Å². The third kappa shape index (κ3) is 3.15. The van der Waals surface area contributed by atoms with Gasteiger partial charge in [-0.25, -0.2) is 0 Å². The molecule has 1 N–H and O–H groups in total. The second-order valence-electron chi connectivity index (χ2n) is 7.66. The summed E-state index contributed by atoms with van der Waals surface area (Å²) in [6.45, 7) is 0. The Bertz CT molecular complexity index is 924. The molecule has 0 saturated heterocycles. The third-order valence-corrected chi connectivity index (χ3v) is 6.05. The van der Waals surface area contributed by atoms with Crippen LogP contribution in [0.15, 0.2) is 65.3 Å². The van der Waals surface area contributed by atoms with Crippen LogP contribution in [0.1, 0.15) is 47.6 Å². The molecule has 140 valence electrons. The van der Waals surface area contributed by atoms with Gasteiger partial charge >= 0.3 is 0 Å². The van der Waals surface area contributed by atoms with E-state index in [1.165, 1.54) is 12.8 Å². The topological polar surface area (TPSA) is 45.5 Å². The van der Waals surface area contributed by atoms with Gasteiger partial charge in [0, 0.05) is 10.9 Å². The van der Waals surface area contributed by atoms with Crippen molar-refractivity contribution in [2.45, 2.75) is 37.3 Å². The molecule has 4 nitrogen and oxygen atoms in total. The minimum atomic E-state index is -0.0681. The van der Waals surface area contributed by atoms with E-state index in [0.717, 1.165) is 29.4 Å². The van der Waals surface area contributed by atoms with Crippen molar-refractivity contribution in [2.75, 3.05) is 14.1 Å². The number of nitrogens with zero attached hydrogens (tertiary/aromatic N) is 1. The fraction of sp³-hybridized carbons (Fsp3) is 0.348. The van der Waals surface area contributed by atoms with Gasteiger partial charge in [-0.2, -0.15) is 0 Å². The number of nitrogens with one attached hydrogen (secondary N) is 1. The molecule has 1 aromatic heterocycles. The van der Waals surface area contributed by atoms with Crippen molar-refractivity contribution in [1.82, 2.24) is 10.2 Å². The first-order valence-electron chi connectivity index (χ1n) is 9.61. The number of carbonyl (C=O) groups is 1. The molecule has 1 fully saturated rings. The van der Waals surface area contributed by atoms with Crippen LogP contribution in [-0.4, -0.2) is 30.4 Å². The fourth-order valence-corrected chi connectivity index (χ4v) is 4.56. The van der Waals surface area contributed by atoms with Crippen molar-refractivity contribution in [3.63, 3.8) is 0 Å². The van der Waals surface area contributed by atoms with E-state index in [1.807, 2.05) is 42.5 Å². The first-order chi connectivity index (χ1) is 13.1. The minimum absolute atomic E-state index is 0.0519. The van der Waals surface area contributed by atoms with Crippen molar-refractivity contribution in [1.29, 1.82) is 0 Å². The van der Waals surface area contributed by atoms with Crippen molar-refractivity contribution < 1.29 is 9.21 Å². The van der Waals surface area contributed by atoms with E-state index in [-0.39, 0.29) is 17.5 Å². The van der Waals surface area contributed by atoms with E-state index in [1.54, 1.807) is 6.26 Å². The van der Waals surface area contributed by atoms with E-state index in [2.05, 4.69) is 36.4 Å². The lowest BCUT2D eigenvalue weighted by Crippen LogP contribution is -2.53. The Morgan fingerprint density at radius 1 is 1.04 bits per heavy atom. The van der Waals surface area contributed by atoms with Crippen LogP contribution < -0.4 is 5.32 Å². The molecule has 1 heterocycles. The molecule has 1 aliphatic carbocycles. The summed E-state index contributed by atoms with van der Waals surface area (Å²) in [5.41, 5.74) is 2.48. The van der Waals surface area contributed by atoms with Crippen LogP contribution in [0.2, 0.25) is 0 Å². The Morgan fingerprint density at radius 3 is 2.48 bits per heavy atom. The van der Waals surface area contributed by atoms with Gasteiger partial charge in [-0.05, 0) is 50.7 Å². The molecule has 1 atom stereocenters. The third-order valence-electron chi connectivity index (χ3n) is 6.05. The SMILES string of the molecule is CN(C)C1(C(NC(=O)c2cccc3occc23)c2ccccc2)CCCC1. The summed E-state index contributed by atoms with van der Waals surface area (Å²) >= 11 is 0. The quantitative estimate of drug-likeness (QED) is 0.710. The van der Waals surface area contributed by atoms with Crippen LogP contribution in [0.3, 0.4) is 0 Å². The predicted octanol–water partition coefficient (Wildman–Crippen LogP) is 4.78. The Kier molecular flexibility index (Phi) is 4.75. The predicted molar refractivity (Wildman–Crippen MR) is 108 cm³/mol. The summed E-state index contributed by atoms with van der Waals surface area (Å²) in [4.78, 5) is 15.6. The zero-order valence-corrected chi connectivity index (χ0v) is 15.9. The molecule has 0 spiro atoms. The van der Waals surface area contributed by atoms with Crippen molar-refractivity contribution >= 4 is 16.9 Å². The Hall–Kier alpha value is -2.59. The number of furan rings is 1. The van der Waals surface area contributed by atoms with E-state index < -0.39 is 0 Å². The first kappa shape index (κ1) is 17.8. The van der Waals surface area contributed by atoms with Crippen molar-refractivity contribution in [3.05, 3.63) is 72.0 Å². The Balaban J connectivity index is 1.73. The summed E-state index contributed by atoms with van der Waals surface area (Å²) in [7, 11) is 4.26. The molecule has 0 bridgehead atoms. The van der Waals surface area contributed by atoms with E-state index in [9.17, 15) is 4.79 Å². The molecular weight excluding hydrogens is 336 g/mol. The Labute approximate surface area is 160 Å². The van der Waals surface area contributed by atoms with Gasteiger partial charge in [0.2, 0.25) is 0 Å². The van der Waals surface area contributed by atoms with E-state index in [4.69, 9.17) is 4.42 Å². The fourth-order valence-electron chi connectivity index (χ4n) is 4.56. The summed E-state index contributed by atoms with van der Waals surface area (Å²) in [6.07, 6.45) is 6.17.